The summed E-state index contributed by atoms with van der Waals surface area (Å²) in [6, 6.07) is 3.67. The van der Waals surface area contributed by atoms with E-state index in [0.29, 0.717) is 5.69 Å². The Morgan fingerprint density at radius 2 is 2.18 bits per heavy atom. The SMILES string of the molecule is NC(=NO)c1cc(N2CCC(O)CC2)ccn1. The number of nitrogens with zero attached hydrogens (tertiary/aromatic N) is 3. The zero-order valence-electron chi connectivity index (χ0n) is 9.45. The summed E-state index contributed by atoms with van der Waals surface area (Å²) in [6.45, 7) is 1.61. The predicted molar refractivity (Wildman–Crippen MR) is 64.2 cm³/mol. The van der Waals surface area contributed by atoms with Gasteiger partial charge < -0.3 is 20.9 Å². The Balaban J connectivity index is 2.16. The molecule has 6 heteroatoms. The van der Waals surface area contributed by atoms with Crippen LogP contribution in [-0.2, 0) is 0 Å². The summed E-state index contributed by atoms with van der Waals surface area (Å²) in [4.78, 5) is 6.18. The molecule has 1 fully saturated rings. The van der Waals surface area contributed by atoms with E-state index in [0.717, 1.165) is 31.6 Å². The van der Waals surface area contributed by atoms with Crippen molar-refractivity contribution in [2.75, 3.05) is 18.0 Å². The van der Waals surface area contributed by atoms with Gasteiger partial charge in [0.2, 0.25) is 0 Å². The third kappa shape index (κ3) is 2.65. The second-order valence-electron chi connectivity index (χ2n) is 4.10. The maximum absolute atomic E-state index is 9.44. The van der Waals surface area contributed by atoms with Crippen LogP contribution in [-0.4, -0.2) is 40.3 Å². The van der Waals surface area contributed by atoms with Gasteiger partial charge in [0.25, 0.3) is 0 Å². The largest absolute Gasteiger partial charge is 0.409 e. The van der Waals surface area contributed by atoms with E-state index < -0.39 is 0 Å². The molecule has 0 aromatic carbocycles. The van der Waals surface area contributed by atoms with Crippen molar-refractivity contribution in [2.24, 2.45) is 10.9 Å². The quantitative estimate of drug-likeness (QED) is 0.294. The fourth-order valence-electron chi connectivity index (χ4n) is 1.93. The first-order valence-corrected chi connectivity index (χ1v) is 5.57. The first kappa shape index (κ1) is 11.7. The highest BCUT2D eigenvalue weighted by atomic mass is 16.4. The molecule has 0 bridgehead atoms. The van der Waals surface area contributed by atoms with Crippen LogP contribution in [0.3, 0.4) is 0 Å². The third-order valence-corrected chi connectivity index (χ3v) is 2.94. The minimum Gasteiger partial charge on any atom is -0.409 e. The molecular formula is C11H16N4O2. The number of amidine groups is 1. The Morgan fingerprint density at radius 1 is 1.47 bits per heavy atom. The lowest BCUT2D eigenvalue weighted by Crippen LogP contribution is -2.36. The van der Waals surface area contributed by atoms with Gasteiger partial charge in [0.15, 0.2) is 5.84 Å². The number of piperidine rings is 1. The first-order valence-electron chi connectivity index (χ1n) is 5.57. The lowest BCUT2D eigenvalue weighted by atomic mass is 10.1. The molecule has 0 spiro atoms. The van der Waals surface area contributed by atoms with Crippen LogP contribution in [0, 0.1) is 0 Å². The fourth-order valence-corrected chi connectivity index (χ4v) is 1.93. The number of pyridine rings is 1. The zero-order valence-corrected chi connectivity index (χ0v) is 9.45. The monoisotopic (exact) mass is 236 g/mol. The van der Waals surface area contributed by atoms with Gasteiger partial charge in [0.05, 0.1) is 6.10 Å². The van der Waals surface area contributed by atoms with Gasteiger partial charge in [-0.1, -0.05) is 5.16 Å². The Kier molecular flexibility index (Phi) is 3.43. The molecule has 1 aliphatic rings. The zero-order chi connectivity index (χ0) is 12.3. The summed E-state index contributed by atoms with van der Waals surface area (Å²) in [5.74, 6) is 0.00361. The fraction of sp³-hybridized carbons (Fsp3) is 0.455. The first-order chi connectivity index (χ1) is 8.20. The van der Waals surface area contributed by atoms with E-state index in [1.54, 1.807) is 12.3 Å². The lowest BCUT2D eigenvalue weighted by Gasteiger charge is -2.31. The maximum atomic E-state index is 9.44. The minimum absolute atomic E-state index is 0.00361. The highest BCUT2D eigenvalue weighted by Gasteiger charge is 2.17. The number of hydrogen-bond donors (Lipinski definition) is 3. The highest BCUT2D eigenvalue weighted by Crippen LogP contribution is 2.20. The van der Waals surface area contributed by atoms with E-state index in [1.807, 2.05) is 6.07 Å². The van der Waals surface area contributed by atoms with E-state index in [9.17, 15) is 5.11 Å². The van der Waals surface area contributed by atoms with Crippen LogP contribution in [0.5, 0.6) is 0 Å². The van der Waals surface area contributed by atoms with Crippen LogP contribution >= 0.6 is 0 Å². The van der Waals surface area contributed by atoms with Gasteiger partial charge in [-0.05, 0) is 25.0 Å². The summed E-state index contributed by atoms with van der Waals surface area (Å²) in [5.41, 5.74) is 6.93. The van der Waals surface area contributed by atoms with Crippen molar-refractivity contribution in [1.29, 1.82) is 0 Å². The van der Waals surface area contributed by atoms with Crippen molar-refractivity contribution >= 4 is 11.5 Å². The van der Waals surface area contributed by atoms with Gasteiger partial charge >= 0.3 is 0 Å². The normalized spacial score (nSPS) is 18.4. The molecule has 1 aromatic rings. The summed E-state index contributed by atoms with van der Waals surface area (Å²) < 4.78 is 0. The molecule has 0 radical (unpaired) electrons. The third-order valence-electron chi connectivity index (χ3n) is 2.94. The van der Waals surface area contributed by atoms with Crippen molar-refractivity contribution in [2.45, 2.75) is 18.9 Å². The van der Waals surface area contributed by atoms with Crippen LogP contribution in [0.25, 0.3) is 0 Å². The second-order valence-corrected chi connectivity index (χ2v) is 4.10. The summed E-state index contributed by atoms with van der Waals surface area (Å²) in [7, 11) is 0. The van der Waals surface area contributed by atoms with Gasteiger partial charge in [-0.25, -0.2) is 0 Å². The van der Waals surface area contributed by atoms with Gasteiger partial charge in [-0.15, -0.1) is 0 Å². The topological polar surface area (TPSA) is 95.0 Å². The predicted octanol–water partition coefficient (Wildman–Crippen LogP) is 0.137. The number of nitrogens with two attached hydrogens (primary N) is 1. The van der Waals surface area contributed by atoms with Crippen molar-refractivity contribution in [3.8, 4) is 0 Å². The second kappa shape index (κ2) is 5.01. The molecule has 4 N–H and O–H groups in total. The molecule has 2 heterocycles. The molecule has 6 nitrogen and oxygen atoms in total. The lowest BCUT2D eigenvalue weighted by molar-refractivity contribution is 0.145. The molecule has 17 heavy (non-hydrogen) atoms. The van der Waals surface area contributed by atoms with E-state index in [2.05, 4.69) is 15.0 Å². The molecule has 0 aliphatic carbocycles. The van der Waals surface area contributed by atoms with Crippen LogP contribution in [0.4, 0.5) is 5.69 Å². The number of aromatic nitrogens is 1. The standard InChI is InChI=1S/C11H16N4O2/c12-11(14-17)10-7-8(1-4-13-10)15-5-2-9(16)3-6-15/h1,4,7,9,16-17H,2-3,5-6H2,(H2,12,14). The van der Waals surface area contributed by atoms with Crippen LogP contribution in [0.15, 0.2) is 23.5 Å². The van der Waals surface area contributed by atoms with Crippen LogP contribution < -0.4 is 10.6 Å². The molecule has 0 unspecified atom stereocenters. The van der Waals surface area contributed by atoms with Gasteiger partial charge in [0, 0.05) is 25.0 Å². The molecule has 0 amide bonds. The van der Waals surface area contributed by atoms with E-state index in [-0.39, 0.29) is 11.9 Å². The number of aliphatic hydroxyl groups is 1. The molecule has 2 rings (SSSR count). The Labute approximate surface area is 99.4 Å². The van der Waals surface area contributed by atoms with Crippen LogP contribution in [0.2, 0.25) is 0 Å². The number of anilines is 1. The Hall–Kier alpha value is -1.82. The summed E-state index contributed by atoms with van der Waals surface area (Å²) in [5, 5.41) is 21.0. The number of aliphatic hydroxyl groups excluding tert-OH is 1. The average molecular weight is 236 g/mol. The maximum Gasteiger partial charge on any atom is 0.188 e. The Bertz CT molecular complexity index is 414. The minimum atomic E-state index is -0.198. The van der Waals surface area contributed by atoms with E-state index in [1.165, 1.54) is 0 Å². The molecule has 0 atom stereocenters. The summed E-state index contributed by atoms with van der Waals surface area (Å²) in [6.07, 6.45) is 2.97. The number of oxime groups is 1. The average Bonchev–Trinajstić information content (AvgIpc) is 2.39. The number of rotatable bonds is 2. The molecular weight excluding hydrogens is 220 g/mol. The Morgan fingerprint density at radius 3 is 2.82 bits per heavy atom. The van der Waals surface area contributed by atoms with Gasteiger partial charge in [-0.3, -0.25) is 4.98 Å². The van der Waals surface area contributed by atoms with Crippen LogP contribution in [0.1, 0.15) is 18.5 Å². The summed E-state index contributed by atoms with van der Waals surface area (Å²) >= 11 is 0. The molecule has 1 aliphatic heterocycles. The van der Waals surface area contributed by atoms with Gasteiger partial charge in [-0.2, -0.15) is 0 Å². The molecule has 1 saturated heterocycles. The molecule has 1 aromatic heterocycles. The van der Waals surface area contributed by atoms with Crippen molar-refractivity contribution in [3.63, 3.8) is 0 Å². The van der Waals surface area contributed by atoms with E-state index >= 15 is 0 Å². The van der Waals surface area contributed by atoms with Crippen molar-refractivity contribution in [3.05, 3.63) is 24.0 Å². The van der Waals surface area contributed by atoms with E-state index in [4.69, 9.17) is 10.9 Å². The number of hydrogen-bond acceptors (Lipinski definition) is 5. The van der Waals surface area contributed by atoms with Crippen molar-refractivity contribution in [1.82, 2.24) is 4.98 Å². The smallest absolute Gasteiger partial charge is 0.188 e. The highest BCUT2D eigenvalue weighted by molar-refractivity contribution is 5.95. The molecule has 0 saturated carbocycles. The molecule has 92 valence electrons. The van der Waals surface area contributed by atoms with Gasteiger partial charge in [0.1, 0.15) is 5.69 Å². The van der Waals surface area contributed by atoms with Crippen molar-refractivity contribution < 1.29 is 10.3 Å².